The lowest BCUT2D eigenvalue weighted by Gasteiger charge is -2.12. The van der Waals surface area contributed by atoms with E-state index in [1.807, 2.05) is 24.3 Å². The molecule has 0 saturated carbocycles. The quantitative estimate of drug-likeness (QED) is 0.874. The van der Waals surface area contributed by atoms with Gasteiger partial charge in [0.1, 0.15) is 11.6 Å². The molecule has 0 aliphatic rings. The largest absolute Gasteiger partial charge is 0.497 e. The SMILES string of the molecule is COCc1ccccc1CNc1cc(OC)ccc1F. The van der Waals surface area contributed by atoms with Crippen LogP contribution < -0.4 is 10.1 Å². The standard InChI is InChI=1S/C16H18FNO2/c1-19-11-13-6-4-3-5-12(13)10-18-16-9-14(20-2)7-8-15(16)17/h3-9,18H,10-11H2,1-2H3. The first-order valence-electron chi connectivity index (χ1n) is 6.37. The highest BCUT2D eigenvalue weighted by atomic mass is 19.1. The Morgan fingerprint density at radius 1 is 1.05 bits per heavy atom. The van der Waals surface area contributed by atoms with E-state index < -0.39 is 0 Å². The molecular formula is C16H18FNO2. The number of methoxy groups -OCH3 is 2. The van der Waals surface area contributed by atoms with Crippen molar-refractivity contribution in [1.82, 2.24) is 0 Å². The minimum atomic E-state index is -0.296. The first-order chi connectivity index (χ1) is 9.74. The lowest BCUT2D eigenvalue weighted by atomic mass is 10.1. The molecule has 0 fully saturated rings. The molecule has 2 aromatic carbocycles. The summed E-state index contributed by atoms with van der Waals surface area (Å²) >= 11 is 0. The number of benzene rings is 2. The summed E-state index contributed by atoms with van der Waals surface area (Å²) in [6.07, 6.45) is 0. The summed E-state index contributed by atoms with van der Waals surface area (Å²) in [5, 5.41) is 3.09. The smallest absolute Gasteiger partial charge is 0.146 e. The molecule has 0 saturated heterocycles. The van der Waals surface area contributed by atoms with Crippen molar-refractivity contribution in [2.45, 2.75) is 13.2 Å². The molecule has 20 heavy (non-hydrogen) atoms. The molecule has 2 rings (SSSR count). The fraction of sp³-hybridized carbons (Fsp3) is 0.250. The van der Waals surface area contributed by atoms with Crippen molar-refractivity contribution in [1.29, 1.82) is 0 Å². The van der Waals surface area contributed by atoms with Gasteiger partial charge in [-0.2, -0.15) is 0 Å². The van der Waals surface area contributed by atoms with Crippen LogP contribution in [0.25, 0.3) is 0 Å². The average Bonchev–Trinajstić information content (AvgIpc) is 2.48. The van der Waals surface area contributed by atoms with Gasteiger partial charge in [-0.05, 0) is 23.3 Å². The highest BCUT2D eigenvalue weighted by Gasteiger charge is 2.06. The van der Waals surface area contributed by atoms with E-state index in [4.69, 9.17) is 9.47 Å². The molecule has 2 aromatic rings. The van der Waals surface area contributed by atoms with Gasteiger partial charge in [-0.25, -0.2) is 4.39 Å². The molecule has 0 radical (unpaired) electrons. The van der Waals surface area contributed by atoms with Crippen LogP contribution in [0.3, 0.4) is 0 Å². The molecule has 3 nitrogen and oxygen atoms in total. The molecule has 0 aliphatic carbocycles. The maximum atomic E-state index is 13.7. The molecule has 1 N–H and O–H groups in total. The summed E-state index contributed by atoms with van der Waals surface area (Å²) in [5.74, 6) is 0.328. The van der Waals surface area contributed by atoms with Gasteiger partial charge >= 0.3 is 0 Å². The van der Waals surface area contributed by atoms with Crippen LogP contribution in [0.2, 0.25) is 0 Å². The Kier molecular flexibility index (Phi) is 4.96. The Hall–Kier alpha value is -2.07. The van der Waals surface area contributed by atoms with Gasteiger partial charge in [-0.1, -0.05) is 24.3 Å². The fourth-order valence-corrected chi connectivity index (χ4v) is 1.98. The summed E-state index contributed by atoms with van der Waals surface area (Å²) in [6, 6.07) is 12.6. The zero-order valence-electron chi connectivity index (χ0n) is 11.7. The molecule has 106 valence electrons. The Labute approximate surface area is 118 Å². The summed E-state index contributed by atoms with van der Waals surface area (Å²) in [4.78, 5) is 0. The molecule has 0 unspecified atom stereocenters. The maximum Gasteiger partial charge on any atom is 0.146 e. The highest BCUT2D eigenvalue weighted by Crippen LogP contribution is 2.22. The molecule has 0 heterocycles. The van der Waals surface area contributed by atoms with Gasteiger partial charge in [0.2, 0.25) is 0 Å². The van der Waals surface area contributed by atoms with Gasteiger partial charge in [-0.15, -0.1) is 0 Å². The van der Waals surface area contributed by atoms with E-state index in [2.05, 4.69) is 5.32 Å². The first kappa shape index (κ1) is 14.3. The van der Waals surface area contributed by atoms with Crippen molar-refractivity contribution in [3.8, 4) is 5.75 Å². The molecule has 0 aliphatic heterocycles. The predicted molar refractivity (Wildman–Crippen MR) is 77.4 cm³/mol. The van der Waals surface area contributed by atoms with Gasteiger partial charge < -0.3 is 14.8 Å². The molecule has 0 aromatic heterocycles. The van der Waals surface area contributed by atoms with Gasteiger partial charge in [0.15, 0.2) is 0 Å². The Morgan fingerprint density at radius 3 is 2.50 bits per heavy atom. The highest BCUT2D eigenvalue weighted by molar-refractivity contribution is 5.50. The Morgan fingerprint density at radius 2 is 1.80 bits per heavy atom. The third kappa shape index (κ3) is 3.48. The first-order valence-corrected chi connectivity index (χ1v) is 6.37. The van der Waals surface area contributed by atoms with Crippen molar-refractivity contribution >= 4 is 5.69 Å². The second-order valence-electron chi connectivity index (χ2n) is 4.40. The molecule has 0 amide bonds. The summed E-state index contributed by atoms with van der Waals surface area (Å²) in [6.45, 7) is 1.07. The summed E-state index contributed by atoms with van der Waals surface area (Å²) in [7, 11) is 3.22. The van der Waals surface area contributed by atoms with Crippen LogP contribution in [0.1, 0.15) is 11.1 Å². The normalized spacial score (nSPS) is 10.3. The minimum Gasteiger partial charge on any atom is -0.497 e. The van der Waals surface area contributed by atoms with Crippen LogP contribution in [-0.2, 0) is 17.9 Å². The van der Waals surface area contributed by atoms with Crippen molar-refractivity contribution in [3.63, 3.8) is 0 Å². The van der Waals surface area contributed by atoms with Crippen LogP contribution >= 0.6 is 0 Å². The molecular weight excluding hydrogens is 257 g/mol. The lowest BCUT2D eigenvalue weighted by Crippen LogP contribution is -2.05. The monoisotopic (exact) mass is 275 g/mol. The van der Waals surface area contributed by atoms with E-state index in [9.17, 15) is 4.39 Å². The van der Waals surface area contributed by atoms with E-state index >= 15 is 0 Å². The van der Waals surface area contributed by atoms with Gasteiger partial charge in [-0.3, -0.25) is 0 Å². The third-order valence-electron chi connectivity index (χ3n) is 3.06. The van der Waals surface area contributed by atoms with Crippen molar-refractivity contribution in [3.05, 3.63) is 59.4 Å². The minimum absolute atomic E-state index is 0.296. The molecule has 0 bridgehead atoms. The number of hydrogen-bond donors (Lipinski definition) is 1. The number of halogens is 1. The third-order valence-corrected chi connectivity index (χ3v) is 3.06. The van der Waals surface area contributed by atoms with E-state index in [0.717, 1.165) is 11.1 Å². The molecule has 0 spiro atoms. The van der Waals surface area contributed by atoms with Crippen molar-refractivity contribution in [2.75, 3.05) is 19.5 Å². The van der Waals surface area contributed by atoms with E-state index in [0.29, 0.717) is 24.6 Å². The molecule has 0 atom stereocenters. The van der Waals surface area contributed by atoms with Crippen molar-refractivity contribution in [2.24, 2.45) is 0 Å². The number of anilines is 1. The van der Waals surface area contributed by atoms with Crippen LogP contribution in [0.4, 0.5) is 10.1 Å². The number of rotatable bonds is 6. The van der Waals surface area contributed by atoms with Gasteiger partial charge in [0.05, 0.1) is 19.4 Å². The van der Waals surface area contributed by atoms with E-state index in [-0.39, 0.29) is 5.82 Å². The predicted octanol–water partition coefficient (Wildman–Crippen LogP) is 3.59. The number of ether oxygens (including phenoxy) is 2. The molecule has 4 heteroatoms. The van der Waals surface area contributed by atoms with Gasteiger partial charge in [0, 0.05) is 19.7 Å². The van der Waals surface area contributed by atoms with Crippen molar-refractivity contribution < 1.29 is 13.9 Å². The zero-order chi connectivity index (χ0) is 14.4. The second kappa shape index (κ2) is 6.91. The topological polar surface area (TPSA) is 30.5 Å². The Bertz CT molecular complexity index is 572. The van der Waals surface area contributed by atoms with E-state index in [1.54, 1.807) is 26.4 Å². The van der Waals surface area contributed by atoms with Crippen LogP contribution in [0, 0.1) is 5.82 Å². The maximum absolute atomic E-state index is 13.7. The van der Waals surface area contributed by atoms with Gasteiger partial charge in [0.25, 0.3) is 0 Å². The summed E-state index contributed by atoms with van der Waals surface area (Å²) in [5.41, 5.74) is 2.60. The second-order valence-corrected chi connectivity index (χ2v) is 4.40. The van der Waals surface area contributed by atoms with Crippen LogP contribution in [0.15, 0.2) is 42.5 Å². The average molecular weight is 275 g/mol. The van der Waals surface area contributed by atoms with Crippen LogP contribution in [-0.4, -0.2) is 14.2 Å². The van der Waals surface area contributed by atoms with E-state index in [1.165, 1.54) is 6.07 Å². The summed E-state index contributed by atoms with van der Waals surface area (Å²) < 4.78 is 24.0. The fourth-order valence-electron chi connectivity index (χ4n) is 1.98. The lowest BCUT2D eigenvalue weighted by molar-refractivity contribution is 0.184. The van der Waals surface area contributed by atoms with Crippen LogP contribution in [0.5, 0.6) is 5.75 Å². The number of nitrogens with one attached hydrogen (secondary N) is 1. The number of hydrogen-bond acceptors (Lipinski definition) is 3. The zero-order valence-corrected chi connectivity index (χ0v) is 11.7. The Balaban J connectivity index is 2.12.